The maximum absolute atomic E-state index is 11.6. The molecule has 2 bridgehead atoms. The number of fused-ring (bicyclic) bond motifs is 3. The molecule has 3 saturated carbocycles. The van der Waals surface area contributed by atoms with Crippen LogP contribution in [0, 0.1) is 34.0 Å². The van der Waals surface area contributed by atoms with Gasteiger partial charge >= 0.3 is 5.97 Å². The number of hydrogen-bond donors (Lipinski definition) is 3. The van der Waals surface area contributed by atoms with E-state index in [0.29, 0.717) is 23.8 Å². The van der Waals surface area contributed by atoms with Gasteiger partial charge in [-0.25, -0.2) is 4.79 Å². The Balaban J connectivity index is 1.76. The molecule has 3 fully saturated rings. The second kappa shape index (κ2) is 5.07. The van der Waals surface area contributed by atoms with Crippen molar-refractivity contribution in [1.29, 1.82) is 0 Å². The number of rotatable bonds is 2. The summed E-state index contributed by atoms with van der Waals surface area (Å²) in [6.45, 7) is 4.57. The summed E-state index contributed by atoms with van der Waals surface area (Å²) in [4.78, 5) is 11.6. The minimum atomic E-state index is -0.742. The molecule has 1 spiro atoms. The normalized spacial score (nSPS) is 53.1. The summed E-state index contributed by atoms with van der Waals surface area (Å²) < 4.78 is 0. The van der Waals surface area contributed by atoms with E-state index >= 15 is 0 Å². The molecule has 4 rings (SSSR count). The van der Waals surface area contributed by atoms with Crippen LogP contribution in [0.3, 0.4) is 0 Å². The second-order valence-corrected chi connectivity index (χ2v) is 9.64. The Bertz CT molecular complexity index is 598. The molecule has 0 aliphatic heterocycles. The molecular weight excluding hydrogens is 304 g/mol. The van der Waals surface area contributed by atoms with Gasteiger partial charge in [-0.15, -0.1) is 0 Å². The maximum atomic E-state index is 11.6. The van der Waals surface area contributed by atoms with Gasteiger partial charge in [-0.3, -0.25) is 0 Å². The van der Waals surface area contributed by atoms with E-state index in [2.05, 4.69) is 19.9 Å². The maximum Gasteiger partial charge on any atom is 0.331 e. The van der Waals surface area contributed by atoms with E-state index in [1.165, 1.54) is 0 Å². The van der Waals surface area contributed by atoms with Gasteiger partial charge in [0.15, 0.2) is 0 Å². The fourth-order valence-electron chi connectivity index (χ4n) is 7.63. The van der Waals surface area contributed by atoms with Crippen LogP contribution in [0.1, 0.15) is 58.8 Å². The summed E-state index contributed by atoms with van der Waals surface area (Å²) >= 11 is 0. The Labute approximate surface area is 144 Å². The van der Waals surface area contributed by atoms with E-state index in [4.69, 9.17) is 0 Å². The van der Waals surface area contributed by atoms with Crippen LogP contribution in [0.2, 0.25) is 0 Å². The molecule has 4 nitrogen and oxygen atoms in total. The molecule has 0 aromatic rings. The molecule has 0 aromatic carbocycles. The predicted octanol–water partition coefficient (Wildman–Crippen LogP) is 2.98. The van der Waals surface area contributed by atoms with E-state index in [-0.39, 0.29) is 34.9 Å². The minimum Gasteiger partial charge on any atom is -0.478 e. The van der Waals surface area contributed by atoms with Crippen molar-refractivity contribution in [2.75, 3.05) is 6.61 Å². The number of aliphatic carboxylic acids is 1. The van der Waals surface area contributed by atoms with Crippen molar-refractivity contribution >= 4 is 5.97 Å². The lowest BCUT2D eigenvalue weighted by Crippen LogP contribution is -2.59. The summed E-state index contributed by atoms with van der Waals surface area (Å²) in [6, 6.07) is 0. The molecule has 0 amide bonds. The molecule has 0 radical (unpaired) electrons. The topological polar surface area (TPSA) is 77.8 Å². The third kappa shape index (κ3) is 2.02. The third-order valence-electron chi connectivity index (χ3n) is 8.32. The zero-order valence-corrected chi connectivity index (χ0v) is 14.8. The summed E-state index contributed by atoms with van der Waals surface area (Å²) in [5, 5.41) is 30.2. The van der Waals surface area contributed by atoms with Gasteiger partial charge < -0.3 is 15.3 Å². The second-order valence-electron chi connectivity index (χ2n) is 9.64. The first-order chi connectivity index (χ1) is 11.2. The summed E-state index contributed by atoms with van der Waals surface area (Å²) in [7, 11) is 0. The summed E-state index contributed by atoms with van der Waals surface area (Å²) in [6.07, 6.45) is 8.29. The highest BCUT2D eigenvalue weighted by molar-refractivity contribution is 5.88. The van der Waals surface area contributed by atoms with Crippen LogP contribution in [0.25, 0.3) is 0 Å². The monoisotopic (exact) mass is 334 g/mol. The first-order valence-electron chi connectivity index (χ1n) is 9.49. The molecule has 134 valence electrons. The lowest BCUT2D eigenvalue weighted by atomic mass is 9.40. The fraction of sp³-hybridized carbons (Fsp3) is 0.850. The SMILES string of the molecule is C[C@@]1(CO)C[C@@H](O)C[C@]2(C)[C@@H]1CC[C@]13C=C(C(=O)O)[C@H](CC[C@H]12)C3. The average molecular weight is 334 g/mol. The Kier molecular flexibility index (Phi) is 3.51. The molecular formula is C20H30O4. The van der Waals surface area contributed by atoms with Crippen LogP contribution >= 0.6 is 0 Å². The molecule has 24 heavy (non-hydrogen) atoms. The Morgan fingerprint density at radius 2 is 1.92 bits per heavy atom. The van der Waals surface area contributed by atoms with Gasteiger partial charge in [-0.1, -0.05) is 19.9 Å². The fourth-order valence-corrected chi connectivity index (χ4v) is 7.63. The van der Waals surface area contributed by atoms with Crippen molar-refractivity contribution < 1.29 is 20.1 Å². The van der Waals surface area contributed by atoms with Crippen LogP contribution in [0.4, 0.5) is 0 Å². The lowest BCUT2D eigenvalue weighted by molar-refractivity contribution is -0.177. The van der Waals surface area contributed by atoms with Crippen LogP contribution in [0.15, 0.2) is 11.6 Å². The molecule has 3 N–H and O–H groups in total. The van der Waals surface area contributed by atoms with Gasteiger partial charge in [0.05, 0.1) is 6.10 Å². The van der Waals surface area contributed by atoms with E-state index in [1.807, 2.05) is 0 Å². The van der Waals surface area contributed by atoms with E-state index in [1.54, 1.807) is 0 Å². The standard InChI is InChI=1S/C20H30O4/c1-18(11-21)8-13(22)9-19(2)15(18)5-6-20-7-12(3-4-16(19)20)14(10-20)17(23)24/h10,12-13,15-16,21-22H,3-9,11H2,1-2H3,(H,23,24)/t12-,13-,15-,16+,18+,19-,20+/m1/s1. The van der Waals surface area contributed by atoms with Crippen molar-refractivity contribution in [2.24, 2.45) is 34.0 Å². The van der Waals surface area contributed by atoms with Gasteiger partial charge in [0.2, 0.25) is 0 Å². The number of aliphatic hydroxyl groups is 2. The Hall–Kier alpha value is -0.870. The number of carboxylic acids is 1. The first kappa shape index (κ1) is 16.6. The first-order valence-corrected chi connectivity index (χ1v) is 9.49. The third-order valence-corrected chi connectivity index (χ3v) is 8.32. The zero-order chi connectivity index (χ0) is 17.3. The van der Waals surface area contributed by atoms with Crippen molar-refractivity contribution in [3.8, 4) is 0 Å². The zero-order valence-electron chi connectivity index (χ0n) is 14.8. The number of aliphatic hydroxyl groups excluding tert-OH is 2. The highest BCUT2D eigenvalue weighted by Gasteiger charge is 2.64. The van der Waals surface area contributed by atoms with Gasteiger partial charge in [-0.2, -0.15) is 0 Å². The van der Waals surface area contributed by atoms with E-state index < -0.39 is 5.97 Å². The Morgan fingerprint density at radius 3 is 2.58 bits per heavy atom. The number of carbonyl (C=O) groups is 1. The molecule has 0 saturated heterocycles. The smallest absolute Gasteiger partial charge is 0.331 e. The minimum absolute atomic E-state index is 0.00924. The molecule has 4 aliphatic rings. The average Bonchev–Trinajstić information content (AvgIpc) is 2.77. The van der Waals surface area contributed by atoms with Gasteiger partial charge in [0.25, 0.3) is 0 Å². The largest absolute Gasteiger partial charge is 0.478 e. The van der Waals surface area contributed by atoms with Crippen LogP contribution in [0.5, 0.6) is 0 Å². The highest BCUT2D eigenvalue weighted by Crippen LogP contribution is 2.70. The van der Waals surface area contributed by atoms with Crippen molar-refractivity contribution in [3.05, 3.63) is 11.6 Å². The number of hydrogen-bond acceptors (Lipinski definition) is 3. The quantitative estimate of drug-likeness (QED) is 0.725. The van der Waals surface area contributed by atoms with Gasteiger partial charge in [0.1, 0.15) is 0 Å². The van der Waals surface area contributed by atoms with Gasteiger partial charge in [0, 0.05) is 12.2 Å². The lowest BCUT2D eigenvalue weighted by Gasteiger charge is -2.64. The van der Waals surface area contributed by atoms with Crippen molar-refractivity contribution in [1.82, 2.24) is 0 Å². The van der Waals surface area contributed by atoms with Crippen LogP contribution in [-0.2, 0) is 4.79 Å². The molecule has 0 unspecified atom stereocenters. The molecule has 0 aromatic heterocycles. The summed E-state index contributed by atoms with van der Waals surface area (Å²) in [5.74, 6) is 0.316. The summed E-state index contributed by atoms with van der Waals surface area (Å²) in [5.41, 5.74) is 0.418. The molecule has 0 heterocycles. The number of allylic oxidation sites excluding steroid dienone is 1. The van der Waals surface area contributed by atoms with E-state index in [0.717, 1.165) is 38.5 Å². The molecule has 7 atom stereocenters. The highest BCUT2D eigenvalue weighted by atomic mass is 16.4. The molecule has 4 heteroatoms. The van der Waals surface area contributed by atoms with Crippen LogP contribution < -0.4 is 0 Å². The van der Waals surface area contributed by atoms with Crippen molar-refractivity contribution in [2.45, 2.75) is 64.9 Å². The molecule has 4 aliphatic carbocycles. The van der Waals surface area contributed by atoms with Crippen molar-refractivity contribution in [3.63, 3.8) is 0 Å². The van der Waals surface area contributed by atoms with E-state index in [9.17, 15) is 20.1 Å². The number of carboxylic acid groups (broad SMARTS) is 1. The Morgan fingerprint density at radius 1 is 1.17 bits per heavy atom. The van der Waals surface area contributed by atoms with Crippen LogP contribution in [-0.4, -0.2) is 34.0 Å². The van der Waals surface area contributed by atoms with Gasteiger partial charge in [-0.05, 0) is 78.9 Å². The predicted molar refractivity (Wildman–Crippen MR) is 90.2 cm³/mol.